The Morgan fingerprint density at radius 2 is 1.95 bits per heavy atom. The summed E-state index contributed by atoms with van der Waals surface area (Å²) in [5.74, 6) is 2.88. The lowest BCUT2D eigenvalue weighted by atomic mass is 9.71. The Morgan fingerprint density at radius 1 is 1.11 bits per heavy atom. The first-order chi connectivity index (χ1) is 9.31. The Kier molecular flexibility index (Phi) is 9.54. The molecule has 1 N–H and O–H groups in total. The molecule has 1 fully saturated rings. The van der Waals surface area contributed by atoms with Gasteiger partial charge in [-0.15, -0.1) is 0 Å². The van der Waals surface area contributed by atoms with Crippen molar-refractivity contribution in [3.63, 3.8) is 0 Å². The predicted molar refractivity (Wildman–Crippen MR) is 83.5 cm³/mol. The molecule has 3 atom stereocenters. The van der Waals surface area contributed by atoms with E-state index in [0.29, 0.717) is 0 Å². The summed E-state index contributed by atoms with van der Waals surface area (Å²) in [7, 11) is 1.81. The van der Waals surface area contributed by atoms with Crippen molar-refractivity contribution in [2.24, 2.45) is 17.8 Å². The highest BCUT2D eigenvalue weighted by atomic mass is 16.5. The molecular formula is C17H35NO. The zero-order valence-corrected chi connectivity index (χ0v) is 13.4. The van der Waals surface area contributed by atoms with Crippen LogP contribution in [-0.2, 0) is 4.74 Å². The normalized spacial score (nSPS) is 27.6. The van der Waals surface area contributed by atoms with Crippen LogP contribution < -0.4 is 5.32 Å². The van der Waals surface area contributed by atoms with Crippen LogP contribution in [-0.4, -0.2) is 26.8 Å². The SMILES string of the molecule is CCCNCC1CCC(CC)CC1CCCCOC. The van der Waals surface area contributed by atoms with E-state index in [0.717, 1.165) is 24.4 Å². The van der Waals surface area contributed by atoms with Crippen molar-refractivity contribution in [1.29, 1.82) is 0 Å². The molecule has 0 radical (unpaired) electrons. The molecule has 2 heteroatoms. The Hall–Kier alpha value is -0.0800. The van der Waals surface area contributed by atoms with Gasteiger partial charge in [0.15, 0.2) is 0 Å². The van der Waals surface area contributed by atoms with Crippen LogP contribution in [0.4, 0.5) is 0 Å². The minimum Gasteiger partial charge on any atom is -0.385 e. The number of hydrogen-bond acceptors (Lipinski definition) is 2. The molecule has 0 amide bonds. The van der Waals surface area contributed by atoms with Gasteiger partial charge >= 0.3 is 0 Å². The van der Waals surface area contributed by atoms with Crippen molar-refractivity contribution in [2.45, 2.75) is 65.2 Å². The Morgan fingerprint density at radius 3 is 2.63 bits per heavy atom. The lowest BCUT2D eigenvalue weighted by molar-refractivity contribution is 0.150. The maximum Gasteiger partial charge on any atom is 0.0462 e. The highest BCUT2D eigenvalue weighted by Gasteiger charge is 2.28. The molecule has 1 aliphatic carbocycles. The number of rotatable bonds is 10. The molecule has 3 unspecified atom stereocenters. The van der Waals surface area contributed by atoms with E-state index >= 15 is 0 Å². The van der Waals surface area contributed by atoms with Gasteiger partial charge in [-0.1, -0.05) is 39.5 Å². The molecule has 0 spiro atoms. The minimum atomic E-state index is 0.928. The summed E-state index contributed by atoms with van der Waals surface area (Å²) in [5, 5.41) is 3.64. The third-order valence-corrected chi connectivity index (χ3v) is 4.83. The third-order valence-electron chi connectivity index (χ3n) is 4.83. The fraction of sp³-hybridized carbons (Fsp3) is 1.00. The molecule has 0 aromatic rings. The summed E-state index contributed by atoms with van der Waals surface area (Å²) in [6.07, 6.45) is 11.0. The molecule has 1 rings (SSSR count). The molecule has 0 aromatic carbocycles. The van der Waals surface area contributed by atoms with Crippen molar-refractivity contribution in [3.05, 3.63) is 0 Å². The van der Waals surface area contributed by atoms with Gasteiger partial charge in [0.2, 0.25) is 0 Å². The molecule has 0 bridgehead atoms. The lowest BCUT2D eigenvalue weighted by Crippen LogP contribution is -2.33. The topological polar surface area (TPSA) is 21.3 Å². The molecule has 0 saturated heterocycles. The molecule has 2 nitrogen and oxygen atoms in total. The van der Waals surface area contributed by atoms with E-state index in [2.05, 4.69) is 19.2 Å². The van der Waals surface area contributed by atoms with E-state index in [1.165, 1.54) is 64.5 Å². The molecule has 1 saturated carbocycles. The molecule has 114 valence electrons. The summed E-state index contributed by atoms with van der Waals surface area (Å²) in [6.45, 7) is 7.98. The highest BCUT2D eigenvalue weighted by Crippen LogP contribution is 2.37. The zero-order valence-electron chi connectivity index (χ0n) is 13.4. The van der Waals surface area contributed by atoms with Crippen LogP contribution >= 0.6 is 0 Å². The van der Waals surface area contributed by atoms with E-state index in [1.54, 1.807) is 0 Å². The summed E-state index contributed by atoms with van der Waals surface area (Å²) < 4.78 is 5.17. The van der Waals surface area contributed by atoms with Crippen LogP contribution in [0.3, 0.4) is 0 Å². The monoisotopic (exact) mass is 269 g/mol. The second kappa shape index (κ2) is 10.7. The Labute approximate surface area is 120 Å². The standard InChI is InChI=1S/C17H35NO/c1-4-11-18-14-17-10-9-15(5-2)13-16(17)8-6-7-12-19-3/h15-18H,4-14H2,1-3H3. The predicted octanol–water partition coefficient (Wildman–Crippen LogP) is 4.25. The number of ether oxygens (including phenoxy) is 1. The van der Waals surface area contributed by atoms with Gasteiger partial charge in [0, 0.05) is 13.7 Å². The first-order valence-electron chi connectivity index (χ1n) is 8.51. The van der Waals surface area contributed by atoms with Crippen LogP contribution in [0.15, 0.2) is 0 Å². The average Bonchev–Trinajstić information content (AvgIpc) is 2.45. The van der Waals surface area contributed by atoms with E-state index in [-0.39, 0.29) is 0 Å². The van der Waals surface area contributed by atoms with Crippen molar-refractivity contribution >= 4 is 0 Å². The Bertz CT molecular complexity index is 205. The van der Waals surface area contributed by atoms with Gasteiger partial charge in [-0.3, -0.25) is 0 Å². The third kappa shape index (κ3) is 6.76. The first kappa shape index (κ1) is 17.0. The highest BCUT2D eigenvalue weighted by molar-refractivity contribution is 4.81. The van der Waals surface area contributed by atoms with Crippen LogP contribution in [0.5, 0.6) is 0 Å². The number of methoxy groups -OCH3 is 1. The quantitative estimate of drug-likeness (QED) is 0.599. The number of unbranched alkanes of at least 4 members (excludes halogenated alkanes) is 1. The largest absolute Gasteiger partial charge is 0.385 e. The summed E-state index contributed by atoms with van der Waals surface area (Å²) in [5.41, 5.74) is 0. The van der Waals surface area contributed by atoms with Gasteiger partial charge in [-0.25, -0.2) is 0 Å². The van der Waals surface area contributed by atoms with Crippen LogP contribution in [0, 0.1) is 17.8 Å². The summed E-state index contributed by atoms with van der Waals surface area (Å²) in [4.78, 5) is 0. The number of hydrogen-bond donors (Lipinski definition) is 1. The number of nitrogens with one attached hydrogen (secondary N) is 1. The molecule has 0 aliphatic heterocycles. The van der Waals surface area contributed by atoms with Crippen molar-refractivity contribution in [1.82, 2.24) is 5.32 Å². The van der Waals surface area contributed by atoms with Gasteiger partial charge in [-0.2, -0.15) is 0 Å². The van der Waals surface area contributed by atoms with Crippen molar-refractivity contribution in [3.8, 4) is 0 Å². The van der Waals surface area contributed by atoms with Gasteiger partial charge < -0.3 is 10.1 Å². The summed E-state index contributed by atoms with van der Waals surface area (Å²) in [6, 6.07) is 0. The van der Waals surface area contributed by atoms with E-state index in [4.69, 9.17) is 4.74 Å². The zero-order chi connectivity index (χ0) is 13.9. The van der Waals surface area contributed by atoms with Gasteiger partial charge in [0.25, 0.3) is 0 Å². The van der Waals surface area contributed by atoms with E-state index in [9.17, 15) is 0 Å². The molecular weight excluding hydrogens is 234 g/mol. The van der Waals surface area contributed by atoms with Crippen molar-refractivity contribution < 1.29 is 4.74 Å². The maximum absolute atomic E-state index is 5.17. The maximum atomic E-state index is 5.17. The molecule has 19 heavy (non-hydrogen) atoms. The van der Waals surface area contributed by atoms with Crippen LogP contribution in [0.25, 0.3) is 0 Å². The van der Waals surface area contributed by atoms with Gasteiger partial charge in [0.1, 0.15) is 0 Å². The minimum absolute atomic E-state index is 0.928. The fourth-order valence-electron chi connectivity index (χ4n) is 3.53. The molecule has 0 aromatic heterocycles. The van der Waals surface area contributed by atoms with Crippen LogP contribution in [0.1, 0.15) is 65.2 Å². The fourth-order valence-corrected chi connectivity index (χ4v) is 3.53. The molecule has 1 aliphatic rings. The smallest absolute Gasteiger partial charge is 0.0462 e. The first-order valence-corrected chi connectivity index (χ1v) is 8.51. The average molecular weight is 269 g/mol. The molecule has 0 heterocycles. The van der Waals surface area contributed by atoms with Crippen molar-refractivity contribution in [2.75, 3.05) is 26.8 Å². The lowest BCUT2D eigenvalue weighted by Gasteiger charge is -2.36. The van der Waals surface area contributed by atoms with E-state index < -0.39 is 0 Å². The van der Waals surface area contributed by atoms with Crippen LogP contribution in [0.2, 0.25) is 0 Å². The summed E-state index contributed by atoms with van der Waals surface area (Å²) >= 11 is 0. The van der Waals surface area contributed by atoms with Gasteiger partial charge in [0.05, 0.1) is 0 Å². The van der Waals surface area contributed by atoms with Gasteiger partial charge in [-0.05, 0) is 56.5 Å². The second-order valence-corrected chi connectivity index (χ2v) is 6.30. The second-order valence-electron chi connectivity index (χ2n) is 6.30. The Balaban J connectivity index is 2.32. The van der Waals surface area contributed by atoms with E-state index in [1.807, 2.05) is 7.11 Å².